The molecule has 30 heavy (non-hydrogen) atoms. The number of aromatic nitrogens is 1. The fourth-order valence-corrected chi connectivity index (χ4v) is 4.84. The molecule has 1 aromatic carbocycles. The van der Waals surface area contributed by atoms with E-state index in [-0.39, 0.29) is 15.8 Å². The van der Waals surface area contributed by atoms with Crippen molar-refractivity contribution in [1.29, 1.82) is 0 Å². The number of halogens is 3. The molecule has 0 saturated heterocycles. The highest BCUT2D eigenvalue weighted by Crippen LogP contribution is 2.26. The Morgan fingerprint density at radius 2 is 1.87 bits per heavy atom. The van der Waals surface area contributed by atoms with E-state index in [1.807, 2.05) is 0 Å². The number of thiazole rings is 1. The molecule has 0 unspecified atom stereocenters. The number of anilines is 1. The zero-order chi connectivity index (χ0) is 21.8. The minimum absolute atomic E-state index is 0.0304. The lowest BCUT2D eigenvalue weighted by atomic mass is 10.3. The van der Waals surface area contributed by atoms with Gasteiger partial charge in [-0.05, 0) is 24.3 Å². The van der Waals surface area contributed by atoms with Crippen LogP contribution in [0.5, 0.6) is 0 Å². The highest BCUT2D eigenvalue weighted by atomic mass is 32.2. The Kier molecular flexibility index (Phi) is 6.46. The van der Waals surface area contributed by atoms with Crippen LogP contribution < -0.4 is 4.31 Å². The van der Waals surface area contributed by atoms with Crippen molar-refractivity contribution in [2.45, 2.75) is 17.6 Å². The Balaban J connectivity index is 1.91. The van der Waals surface area contributed by atoms with Crippen LogP contribution in [0.4, 0.5) is 18.3 Å². The molecule has 2 aromatic heterocycles. The van der Waals surface area contributed by atoms with Crippen LogP contribution in [0.25, 0.3) is 0 Å². The molecule has 7 nitrogen and oxygen atoms in total. The van der Waals surface area contributed by atoms with Gasteiger partial charge in [0.2, 0.25) is 5.91 Å². The van der Waals surface area contributed by atoms with Gasteiger partial charge >= 0.3 is 6.18 Å². The summed E-state index contributed by atoms with van der Waals surface area (Å²) in [7, 11) is -4.23. The van der Waals surface area contributed by atoms with Crippen molar-refractivity contribution in [2.24, 2.45) is 0 Å². The number of nitrogens with zero attached hydrogens (tertiary/aromatic N) is 3. The van der Waals surface area contributed by atoms with E-state index in [0.717, 1.165) is 11.3 Å². The molecule has 0 aliphatic rings. The van der Waals surface area contributed by atoms with Crippen molar-refractivity contribution in [3.8, 4) is 0 Å². The molecule has 3 aromatic rings. The smallest absolute Gasteiger partial charge is 0.406 e. The van der Waals surface area contributed by atoms with Gasteiger partial charge in [0.05, 0.1) is 17.7 Å². The van der Waals surface area contributed by atoms with Crippen molar-refractivity contribution in [3.63, 3.8) is 0 Å². The summed E-state index contributed by atoms with van der Waals surface area (Å²) in [4.78, 5) is 17.1. The lowest BCUT2D eigenvalue weighted by Crippen LogP contribution is -2.45. The molecule has 0 atom stereocenters. The molecule has 0 radical (unpaired) electrons. The van der Waals surface area contributed by atoms with Crippen LogP contribution in [0, 0.1) is 0 Å². The highest BCUT2D eigenvalue weighted by molar-refractivity contribution is 7.93. The summed E-state index contributed by atoms with van der Waals surface area (Å²) in [5.41, 5.74) is 0. The lowest BCUT2D eigenvalue weighted by Gasteiger charge is -2.27. The average Bonchev–Trinajstić information content (AvgIpc) is 3.39. The first-order chi connectivity index (χ1) is 14.2. The second-order valence-corrected chi connectivity index (χ2v) is 8.82. The summed E-state index contributed by atoms with van der Waals surface area (Å²) < 4.78 is 71.0. The van der Waals surface area contributed by atoms with E-state index in [9.17, 15) is 26.4 Å². The molecule has 0 aliphatic heterocycles. The van der Waals surface area contributed by atoms with Gasteiger partial charge in [0, 0.05) is 11.6 Å². The third-order valence-electron chi connectivity index (χ3n) is 3.89. The van der Waals surface area contributed by atoms with Gasteiger partial charge in [0.25, 0.3) is 10.0 Å². The first kappa shape index (κ1) is 21.8. The van der Waals surface area contributed by atoms with Crippen molar-refractivity contribution in [3.05, 3.63) is 66.1 Å². The van der Waals surface area contributed by atoms with E-state index >= 15 is 0 Å². The van der Waals surface area contributed by atoms with Gasteiger partial charge < -0.3 is 9.32 Å². The van der Waals surface area contributed by atoms with Crippen molar-refractivity contribution < 1.29 is 30.8 Å². The molecule has 2 heterocycles. The zero-order valence-corrected chi connectivity index (χ0v) is 17.0. The number of sulfonamides is 1. The van der Waals surface area contributed by atoms with E-state index in [0.29, 0.717) is 9.21 Å². The van der Waals surface area contributed by atoms with Crippen molar-refractivity contribution >= 4 is 32.4 Å². The van der Waals surface area contributed by atoms with Crippen LogP contribution in [0.15, 0.2) is 69.6 Å². The minimum atomic E-state index is -4.67. The van der Waals surface area contributed by atoms with Crippen molar-refractivity contribution in [1.82, 2.24) is 9.88 Å². The van der Waals surface area contributed by atoms with Gasteiger partial charge in [-0.1, -0.05) is 18.2 Å². The van der Waals surface area contributed by atoms with E-state index in [2.05, 4.69) is 4.98 Å². The van der Waals surface area contributed by atoms with Crippen molar-refractivity contribution in [2.75, 3.05) is 17.4 Å². The molecule has 0 fully saturated rings. The first-order valence-corrected chi connectivity index (χ1v) is 10.8. The summed E-state index contributed by atoms with van der Waals surface area (Å²) >= 11 is 0.949. The number of rotatable bonds is 8. The SMILES string of the molecule is O=C(CN(c1nccs1)S(=O)(=O)c1ccccc1)N(Cc1ccco1)CC(F)(F)F. The molecular formula is C18H16F3N3O4S2. The lowest BCUT2D eigenvalue weighted by molar-refractivity contribution is -0.161. The Bertz CT molecular complexity index is 1050. The Morgan fingerprint density at radius 3 is 2.43 bits per heavy atom. The number of benzene rings is 1. The second kappa shape index (κ2) is 8.88. The molecular weight excluding hydrogens is 443 g/mol. The maximum absolute atomic E-state index is 13.1. The molecule has 0 N–H and O–H groups in total. The number of amides is 1. The molecule has 3 rings (SSSR count). The number of carbonyl (C=O) groups excluding carboxylic acids is 1. The predicted octanol–water partition coefficient (Wildman–Crippen LogP) is 3.52. The van der Waals surface area contributed by atoms with Gasteiger partial charge in [0.15, 0.2) is 5.13 Å². The molecule has 0 bridgehead atoms. The number of alkyl halides is 3. The number of furan rings is 1. The predicted molar refractivity (Wildman–Crippen MR) is 103 cm³/mol. The Morgan fingerprint density at radius 1 is 1.13 bits per heavy atom. The van der Waals surface area contributed by atoms with E-state index in [4.69, 9.17) is 4.42 Å². The number of hydrogen-bond acceptors (Lipinski definition) is 6. The van der Waals surface area contributed by atoms with Crippen LogP contribution >= 0.6 is 11.3 Å². The molecule has 0 aliphatic carbocycles. The van der Waals surface area contributed by atoms with Crippen LogP contribution in [-0.4, -0.2) is 43.5 Å². The summed E-state index contributed by atoms with van der Waals surface area (Å²) in [6.07, 6.45) is -2.06. The summed E-state index contributed by atoms with van der Waals surface area (Å²) in [5.74, 6) is -0.905. The third-order valence-corrected chi connectivity index (χ3v) is 6.55. The van der Waals surface area contributed by atoms with E-state index in [1.165, 1.54) is 54.2 Å². The maximum Gasteiger partial charge on any atom is 0.406 e. The van der Waals surface area contributed by atoms with Gasteiger partial charge in [-0.25, -0.2) is 17.7 Å². The summed E-state index contributed by atoms with van der Waals surface area (Å²) in [5, 5.41) is 1.47. The third kappa shape index (κ3) is 5.39. The molecule has 12 heteroatoms. The summed E-state index contributed by atoms with van der Waals surface area (Å²) in [6, 6.07) is 10.2. The van der Waals surface area contributed by atoms with E-state index in [1.54, 1.807) is 6.07 Å². The Hall–Kier alpha value is -2.86. The molecule has 0 spiro atoms. The number of hydrogen-bond donors (Lipinski definition) is 0. The topological polar surface area (TPSA) is 83.7 Å². The minimum Gasteiger partial charge on any atom is -0.467 e. The fraction of sp³-hybridized carbons (Fsp3) is 0.222. The Labute approximate surface area is 174 Å². The molecule has 0 saturated carbocycles. The largest absolute Gasteiger partial charge is 0.467 e. The maximum atomic E-state index is 13.1. The van der Waals surface area contributed by atoms with Gasteiger partial charge in [-0.3, -0.25) is 4.79 Å². The van der Waals surface area contributed by atoms with Gasteiger partial charge in [-0.2, -0.15) is 13.2 Å². The quantitative estimate of drug-likeness (QED) is 0.515. The molecule has 160 valence electrons. The summed E-state index contributed by atoms with van der Waals surface area (Å²) in [6.45, 7) is -2.85. The fourth-order valence-electron chi connectivity index (χ4n) is 2.58. The highest BCUT2D eigenvalue weighted by Gasteiger charge is 2.36. The molecule has 1 amide bonds. The van der Waals surface area contributed by atoms with Gasteiger partial charge in [-0.15, -0.1) is 11.3 Å². The van der Waals surface area contributed by atoms with Crippen LogP contribution in [0.1, 0.15) is 5.76 Å². The number of carbonyl (C=O) groups is 1. The van der Waals surface area contributed by atoms with Crippen LogP contribution in [0.3, 0.4) is 0 Å². The zero-order valence-electron chi connectivity index (χ0n) is 15.3. The first-order valence-electron chi connectivity index (χ1n) is 8.51. The second-order valence-electron chi connectivity index (χ2n) is 6.08. The van der Waals surface area contributed by atoms with Gasteiger partial charge in [0.1, 0.15) is 18.8 Å². The average molecular weight is 459 g/mol. The standard InChI is InChI=1S/C18H16F3N3O4S2/c19-18(20,21)13-23(11-14-5-4-9-28-14)16(25)12-24(17-22-8-10-29-17)30(26,27)15-6-2-1-3-7-15/h1-10H,11-13H2. The van der Waals surface area contributed by atoms with E-state index < -0.39 is 41.7 Å². The van der Waals surface area contributed by atoms with Crippen LogP contribution in [-0.2, 0) is 21.4 Å². The van der Waals surface area contributed by atoms with Crippen LogP contribution in [0.2, 0.25) is 0 Å². The monoisotopic (exact) mass is 459 g/mol. The normalized spacial score (nSPS) is 12.0.